The summed E-state index contributed by atoms with van der Waals surface area (Å²) in [6.07, 6.45) is 4.08. The first-order valence-corrected chi connectivity index (χ1v) is 11.1. The first-order chi connectivity index (χ1) is 16.2. The number of nitrogens with zero attached hydrogens (tertiary/aromatic N) is 2. The molecule has 0 aliphatic heterocycles. The Morgan fingerprint density at radius 2 is 1.64 bits per heavy atom. The second-order valence-electron chi connectivity index (χ2n) is 7.85. The van der Waals surface area contributed by atoms with Gasteiger partial charge in [-0.15, -0.1) is 0 Å². The van der Waals surface area contributed by atoms with Crippen LogP contribution in [0, 0.1) is 0 Å². The van der Waals surface area contributed by atoms with E-state index >= 15 is 0 Å². The minimum Gasteiger partial charge on any atom is -0.387 e. The molecule has 0 aliphatic rings. The molecule has 33 heavy (non-hydrogen) atoms. The number of aliphatic hydroxyl groups is 1. The van der Waals surface area contributed by atoms with Gasteiger partial charge in [-0.25, -0.2) is 4.98 Å². The standard InChI is InChI=1S/C27H28N4O2/c32-25(22-7-3-1-4-8-22)20-28-16-15-21-11-13-23(14-12-21)30-27(33)19-26-29-17-18-31(26)24-9-5-2-6-10-24/h1-14,17-18,25,28,32H,15-16,19-20H2,(H,30,33). The Kier molecular flexibility index (Phi) is 7.64. The number of carbonyl (C=O) groups excluding carboxylic acids is 1. The molecule has 4 aromatic rings. The van der Waals surface area contributed by atoms with Crippen LogP contribution in [-0.4, -0.2) is 33.7 Å². The number of para-hydroxylation sites is 1. The third-order valence-corrected chi connectivity index (χ3v) is 5.42. The molecule has 0 saturated carbocycles. The fourth-order valence-electron chi connectivity index (χ4n) is 3.66. The first-order valence-electron chi connectivity index (χ1n) is 11.1. The molecule has 0 spiro atoms. The van der Waals surface area contributed by atoms with Crippen LogP contribution in [0.5, 0.6) is 0 Å². The smallest absolute Gasteiger partial charge is 0.231 e. The lowest BCUT2D eigenvalue weighted by Crippen LogP contribution is -2.23. The molecule has 0 bridgehead atoms. The largest absolute Gasteiger partial charge is 0.387 e. The monoisotopic (exact) mass is 440 g/mol. The van der Waals surface area contributed by atoms with E-state index in [1.165, 1.54) is 0 Å². The van der Waals surface area contributed by atoms with Gasteiger partial charge < -0.3 is 20.3 Å². The number of amides is 1. The lowest BCUT2D eigenvalue weighted by atomic mass is 10.1. The maximum atomic E-state index is 12.5. The fourth-order valence-corrected chi connectivity index (χ4v) is 3.66. The highest BCUT2D eigenvalue weighted by atomic mass is 16.3. The average molecular weight is 441 g/mol. The zero-order valence-corrected chi connectivity index (χ0v) is 18.4. The van der Waals surface area contributed by atoms with Crippen molar-refractivity contribution in [2.24, 2.45) is 0 Å². The molecule has 0 aliphatic carbocycles. The number of carbonyl (C=O) groups is 1. The number of aliphatic hydroxyl groups excluding tert-OH is 1. The van der Waals surface area contributed by atoms with E-state index in [4.69, 9.17) is 0 Å². The van der Waals surface area contributed by atoms with Crippen LogP contribution in [0.3, 0.4) is 0 Å². The van der Waals surface area contributed by atoms with Crippen LogP contribution in [0.1, 0.15) is 23.1 Å². The summed E-state index contributed by atoms with van der Waals surface area (Å²) >= 11 is 0. The summed E-state index contributed by atoms with van der Waals surface area (Å²) in [5, 5.41) is 16.4. The molecule has 0 fully saturated rings. The lowest BCUT2D eigenvalue weighted by molar-refractivity contribution is -0.115. The van der Waals surface area contributed by atoms with Gasteiger partial charge in [-0.2, -0.15) is 0 Å². The molecule has 168 valence electrons. The first kappa shape index (κ1) is 22.5. The maximum Gasteiger partial charge on any atom is 0.231 e. The molecule has 1 aromatic heterocycles. The summed E-state index contributed by atoms with van der Waals surface area (Å²) in [4.78, 5) is 16.9. The normalized spacial score (nSPS) is 11.8. The third kappa shape index (κ3) is 6.38. The zero-order valence-electron chi connectivity index (χ0n) is 18.4. The minimum absolute atomic E-state index is 0.109. The van der Waals surface area contributed by atoms with Crippen LogP contribution in [0.25, 0.3) is 5.69 Å². The summed E-state index contributed by atoms with van der Waals surface area (Å²) < 4.78 is 1.92. The van der Waals surface area contributed by atoms with Crippen LogP contribution in [0.2, 0.25) is 0 Å². The SMILES string of the molecule is O=C(Cc1nccn1-c1ccccc1)Nc1ccc(CCNCC(O)c2ccccc2)cc1. The highest BCUT2D eigenvalue weighted by Crippen LogP contribution is 2.14. The molecular weight excluding hydrogens is 412 g/mol. The van der Waals surface area contributed by atoms with Gasteiger partial charge in [0.1, 0.15) is 5.82 Å². The Morgan fingerprint density at radius 1 is 0.939 bits per heavy atom. The second kappa shape index (κ2) is 11.2. The fraction of sp³-hybridized carbons (Fsp3) is 0.185. The molecule has 0 radical (unpaired) electrons. The van der Waals surface area contributed by atoms with Crippen LogP contribution in [0.4, 0.5) is 5.69 Å². The van der Waals surface area contributed by atoms with Gasteiger partial charge in [0.05, 0.1) is 12.5 Å². The van der Waals surface area contributed by atoms with Crippen molar-refractivity contribution in [1.82, 2.24) is 14.9 Å². The van der Waals surface area contributed by atoms with Gasteiger partial charge in [-0.3, -0.25) is 4.79 Å². The predicted octanol–water partition coefficient (Wildman–Crippen LogP) is 3.92. The molecule has 1 amide bonds. The van der Waals surface area contributed by atoms with Crippen molar-refractivity contribution in [1.29, 1.82) is 0 Å². The van der Waals surface area contributed by atoms with E-state index in [1.807, 2.05) is 95.7 Å². The van der Waals surface area contributed by atoms with E-state index in [0.717, 1.165) is 35.5 Å². The van der Waals surface area contributed by atoms with E-state index in [0.29, 0.717) is 12.4 Å². The summed E-state index contributed by atoms with van der Waals surface area (Å²) in [7, 11) is 0. The number of anilines is 1. The van der Waals surface area contributed by atoms with Gasteiger partial charge in [0.25, 0.3) is 0 Å². The third-order valence-electron chi connectivity index (χ3n) is 5.42. The minimum atomic E-state index is -0.513. The van der Waals surface area contributed by atoms with Crippen LogP contribution < -0.4 is 10.6 Å². The molecule has 6 nitrogen and oxygen atoms in total. The molecule has 1 unspecified atom stereocenters. The van der Waals surface area contributed by atoms with Crippen molar-refractivity contribution in [2.45, 2.75) is 18.9 Å². The number of hydrogen-bond donors (Lipinski definition) is 3. The molecule has 4 rings (SSSR count). The van der Waals surface area contributed by atoms with E-state index in [1.54, 1.807) is 6.20 Å². The molecule has 6 heteroatoms. The molecule has 1 atom stereocenters. The molecule has 3 aromatic carbocycles. The molecule has 1 heterocycles. The Morgan fingerprint density at radius 3 is 2.36 bits per heavy atom. The number of nitrogens with one attached hydrogen (secondary N) is 2. The number of benzene rings is 3. The van der Waals surface area contributed by atoms with Gasteiger partial charge in [-0.05, 0) is 48.4 Å². The van der Waals surface area contributed by atoms with Crippen molar-refractivity contribution in [3.05, 3.63) is 114 Å². The van der Waals surface area contributed by atoms with Crippen LogP contribution in [0.15, 0.2) is 97.3 Å². The van der Waals surface area contributed by atoms with Crippen molar-refractivity contribution < 1.29 is 9.90 Å². The van der Waals surface area contributed by atoms with Gasteiger partial charge in [0.2, 0.25) is 5.91 Å². The second-order valence-corrected chi connectivity index (χ2v) is 7.85. The van der Waals surface area contributed by atoms with Crippen molar-refractivity contribution >= 4 is 11.6 Å². The summed E-state index contributed by atoms with van der Waals surface area (Å²) in [5.41, 5.74) is 3.81. The van der Waals surface area contributed by atoms with Gasteiger partial charge >= 0.3 is 0 Å². The maximum absolute atomic E-state index is 12.5. The Hall–Kier alpha value is -3.74. The topological polar surface area (TPSA) is 79.2 Å². The Labute approximate surface area is 193 Å². The van der Waals surface area contributed by atoms with Crippen LogP contribution in [-0.2, 0) is 17.6 Å². The Bertz CT molecular complexity index is 1140. The van der Waals surface area contributed by atoms with Crippen molar-refractivity contribution in [2.75, 3.05) is 18.4 Å². The highest BCUT2D eigenvalue weighted by molar-refractivity contribution is 5.91. The lowest BCUT2D eigenvalue weighted by Gasteiger charge is -2.12. The summed E-state index contributed by atoms with van der Waals surface area (Å²) in [5.74, 6) is 0.585. The molecule has 0 saturated heterocycles. The van der Waals surface area contributed by atoms with Gasteiger partial charge in [0, 0.05) is 30.3 Å². The zero-order chi connectivity index (χ0) is 22.9. The van der Waals surface area contributed by atoms with Crippen molar-refractivity contribution in [3.63, 3.8) is 0 Å². The van der Waals surface area contributed by atoms with E-state index in [-0.39, 0.29) is 12.3 Å². The van der Waals surface area contributed by atoms with Gasteiger partial charge in [0.15, 0.2) is 0 Å². The molecule has 3 N–H and O–H groups in total. The number of imidazole rings is 1. The van der Waals surface area contributed by atoms with Crippen LogP contribution >= 0.6 is 0 Å². The van der Waals surface area contributed by atoms with E-state index < -0.39 is 6.10 Å². The number of hydrogen-bond acceptors (Lipinski definition) is 4. The predicted molar refractivity (Wildman–Crippen MR) is 130 cm³/mol. The number of aromatic nitrogens is 2. The summed E-state index contributed by atoms with van der Waals surface area (Å²) in [6, 6.07) is 27.3. The van der Waals surface area contributed by atoms with Gasteiger partial charge in [-0.1, -0.05) is 60.7 Å². The number of rotatable bonds is 10. The highest BCUT2D eigenvalue weighted by Gasteiger charge is 2.11. The van der Waals surface area contributed by atoms with E-state index in [2.05, 4.69) is 15.6 Å². The summed E-state index contributed by atoms with van der Waals surface area (Å²) in [6.45, 7) is 1.27. The average Bonchev–Trinajstić information content (AvgIpc) is 3.31. The molecular formula is C27H28N4O2. The van der Waals surface area contributed by atoms with Crippen molar-refractivity contribution in [3.8, 4) is 5.69 Å². The quantitative estimate of drug-likeness (QED) is 0.327. The Balaban J connectivity index is 1.23. The van der Waals surface area contributed by atoms with E-state index in [9.17, 15) is 9.90 Å².